The predicted octanol–water partition coefficient (Wildman–Crippen LogP) is 3.17. The molecule has 21 heavy (non-hydrogen) atoms. The van der Waals surface area contributed by atoms with E-state index in [0.29, 0.717) is 5.56 Å². The monoisotopic (exact) mass is 347 g/mol. The number of hydrogen-bond acceptors (Lipinski definition) is 3. The normalized spacial score (nSPS) is 10.4. The van der Waals surface area contributed by atoms with Gasteiger partial charge in [-0.2, -0.15) is 0 Å². The zero-order valence-electron chi connectivity index (χ0n) is 12.1. The van der Waals surface area contributed by atoms with Gasteiger partial charge in [0.05, 0.1) is 11.4 Å². The molecule has 0 aliphatic rings. The van der Waals surface area contributed by atoms with Crippen molar-refractivity contribution in [3.8, 4) is 0 Å². The quantitative estimate of drug-likeness (QED) is 0.816. The van der Waals surface area contributed by atoms with Gasteiger partial charge < -0.3 is 10.6 Å². The number of amides is 1. The lowest BCUT2D eigenvalue weighted by atomic mass is 10.0. The minimum atomic E-state index is -0.103. The summed E-state index contributed by atoms with van der Waals surface area (Å²) in [5.74, 6) is -0.103. The van der Waals surface area contributed by atoms with Crippen molar-refractivity contribution in [1.29, 1.82) is 0 Å². The first-order valence-corrected chi connectivity index (χ1v) is 7.58. The molecule has 0 bridgehead atoms. The Kier molecular flexibility index (Phi) is 5.47. The molecule has 2 rings (SSSR count). The number of halogens is 1. The third-order valence-electron chi connectivity index (χ3n) is 3.21. The van der Waals surface area contributed by atoms with E-state index in [0.717, 1.165) is 34.5 Å². The zero-order chi connectivity index (χ0) is 15.2. The van der Waals surface area contributed by atoms with Gasteiger partial charge in [-0.25, -0.2) is 4.98 Å². The minimum Gasteiger partial charge on any atom is -0.320 e. The van der Waals surface area contributed by atoms with Crippen LogP contribution in [0.25, 0.3) is 0 Å². The fourth-order valence-corrected chi connectivity index (χ4v) is 2.47. The first-order chi connectivity index (χ1) is 10.1. The Labute approximate surface area is 133 Å². The highest BCUT2D eigenvalue weighted by molar-refractivity contribution is 9.10. The maximum Gasteiger partial charge on any atom is 0.255 e. The van der Waals surface area contributed by atoms with Crippen LogP contribution in [0.4, 0.5) is 5.69 Å². The number of hydrogen-bond donors (Lipinski definition) is 2. The standard InChI is InChI=1S/C16H18BrN3O/c1-11-14(7-8-15(17)19-11)20-16(21)13-6-4-3-5-12(13)9-10-18-2/h3-8,18H,9-10H2,1-2H3,(H,20,21). The van der Waals surface area contributed by atoms with Gasteiger partial charge in [0, 0.05) is 5.56 Å². The number of nitrogens with zero attached hydrogens (tertiary/aromatic N) is 1. The summed E-state index contributed by atoms with van der Waals surface area (Å²) in [6.07, 6.45) is 0.817. The molecule has 0 radical (unpaired) electrons. The van der Waals surface area contributed by atoms with Crippen molar-refractivity contribution in [2.45, 2.75) is 13.3 Å². The van der Waals surface area contributed by atoms with Crippen LogP contribution in [0.5, 0.6) is 0 Å². The van der Waals surface area contributed by atoms with E-state index < -0.39 is 0 Å². The Balaban J connectivity index is 2.20. The first kappa shape index (κ1) is 15.7. The van der Waals surface area contributed by atoms with Gasteiger partial charge in [0.25, 0.3) is 5.91 Å². The molecule has 0 saturated heterocycles. The number of rotatable bonds is 5. The minimum absolute atomic E-state index is 0.103. The van der Waals surface area contributed by atoms with Crippen molar-refractivity contribution >= 4 is 27.5 Å². The second kappa shape index (κ2) is 7.33. The lowest BCUT2D eigenvalue weighted by Gasteiger charge is -2.11. The molecule has 0 unspecified atom stereocenters. The van der Waals surface area contributed by atoms with Crippen LogP contribution in [0, 0.1) is 6.92 Å². The van der Waals surface area contributed by atoms with Crippen molar-refractivity contribution in [3.63, 3.8) is 0 Å². The highest BCUT2D eigenvalue weighted by atomic mass is 79.9. The van der Waals surface area contributed by atoms with Crippen LogP contribution in [0.2, 0.25) is 0 Å². The third-order valence-corrected chi connectivity index (χ3v) is 3.65. The number of likely N-dealkylation sites (N-methyl/N-ethyl adjacent to an activating group) is 1. The van der Waals surface area contributed by atoms with Gasteiger partial charge in [-0.3, -0.25) is 4.79 Å². The van der Waals surface area contributed by atoms with E-state index in [1.165, 1.54) is 0 Å². The average Bonchev–Trinajstić information content (AvgIpc) is 2.48. The van der Waals surface area contributed by atoms with Gasteiger partial charge in [-0.15, -0.1) is 0 Å². The Morgan fingerprint density at radius 3 is 2.71 bits per heavy atom. The summed E-state index contributed by atoms with van der Waals surface area (Å²) in [7, 11) is 1.90. The number of carbonyl (C=O) groups excluding carboxylic acids is 1. The van der Waals surface area contributed by atoms with Crippen LogP contribution >= 0.6 is 15.9 Å². The third kappa shape index (κ3) is 4.12. The molecule has 0 atom stereocenters. The molecule has 0 spiro atoms. The Hall–Kier alpha value is -1.72. The van der Waals surface area contributed by atoms with Crippen molar-refractivity contribution < 1.29 is 4.79 Å². The van der Waals surface area contributed by atoms with Gasteiger partial charge in [0.15, 0.2) is 0 Å². The van der Waals surface area contributed by atoms with Crippen LogP contribution in [-0.2, 0) is 6.42 Å². The Morgan fingerprint density at radius 2 is 2.00 bits per heavy atom. The zero-order valence-corrected chi connectivity index (χ0v) is 13.7. The average molecular weight is 348 g/mol. The van der Waals surface area contributed by atoms with Crippen LogP contribution < -0.4 is 10.6 Å². The van der Waals surface area contributed by atoms with E-state index in [2.05, 4.69) is 31.5 Å². The smallest absolute Gasteiger partial charge is 0.255 e. The van der Waals surface area contributed by atoms with E-state index >= 15 is 0 Å². The molecule has 5 heteroatoms. The molecular weight excluding hydrogens is 330 g/mol. The largest absolute Gasteiger partial charge is 0.320 e. The van der Waals surface area contributed by atoms with Crippen molar-refractivity contribution in [3.05, 3.63) is 57.8 Å². The fraction of sp³-hybridized carbons (Fsp3) is 0.250. The second-order valence-corrected chi connectivity index (χ2v) is 5.54. The van der Waals surface area contributed by atoms with Crippen LogP contribution in [-0.4, -0.2) is 24.5 Å². The first-order valence-electron chi connectivity index (χ1n) is 6.79. The van der Waals surface area contributed by atoms with E-state index in [1.807, 2.05) is 50.4 Å². The number of nitrogens with one attached hydrogen (secondary N) is 2. The number of aromatic nitrogens is 1. The summed E-state index contributed by atoms with van der Waals surface area (Å²) in [4.78, 5) is 16.7. The summed E-state index contributed by atoms with van der Waals surface area (Å²) in [6.45, 7) is 2.70. The van der Waals surface area contributed by atoms with Gasteiger partial charge in [-0.05, 0) is 66.6 Å². The topological polar surface area (TPSA) is 54.0 Å². The molecule has 2 N–H and O–H groups in total. The molecule has 0 aliphatic heterocycles. The van der Waals surface area contributed by atoms with Gasteiger partial charge in [0.1, 0.15) is 4.60 Å². The SMILES string of the molecule is CNCCc1ccccc1C(=O)Nc1ccc(Br)nc1C. The highest BCUT2D eigenvalue weighted by Gasteiger charge is 2.12. The molecular formula is C16H18BrN3O. The maximum atomic E-state index is 12.5. The molecule has 1 heterocycles. The molecule has 0 aliphatic carbocycles. The number of carbonyl (C=O) groups is 1. The summed E-state index contributed by atoms with van der Waals surface area (Å²) >= 11 is 3.32. The second-order valence-electron chi connectivity index (χ2n) is 4.73. The highest BCUT2D eigenvalue weighted by Crippen LogP contribution is 2.18. The maximum absolute atomic E-state index is 12.5. The van der Waals surface area contributed by atoms with Crippen LogP contribution in [0.3, 0.4) is 0 Å². The van der Waals surface area contributed by atoms with Crippen molar-refractivity contribution in [2.24, 2.45) is 0 Å². The molecule has 2 aromatic rings. The molecule has 0 fully saturated rings. The number of pyridine rings is 1. The Bertz CT molecular complexity index is 643. The van der Waals surface area contributed by atoms with E-state index in [-0.39, 0.29) is 5.91 Å². The Morgan fingerprint density at radius 1 is 1.24 bits per heavy atom. The molecule has 0 saturated carbocycles. The number of benzene rings is 1. The number of aryl methyl sites for hydroxylation is 1. The van der Waals surface area contributed by atoms with Crippen molar-refractivity contribution in [2.75, 3.05) is 18.9 Å². The lowest BCUT2D eigenvalue weighted by molar-refractivity contribution is 0.102. The molecule has 1 aromatic carbocycles. The van der Waals surface area contributed by atoms with E-state index in [9.17, 15) is 4.79 Å². The summed E-state index contributed by atoms with van der Waals surface area (Å²) in [5, 5.41) is 6.03. The fourth-order valence-electron chi connectivity index (χ4n) is 2.07. The van der Waals surface area contributed by atoms with Crippen molar-refractivity contribution in [1.82, 2.24) is 10.3 Å². The molecule has 4 nitrogen and oxygen atoms in total. The van der Waals surface area contributed by atoms with Gasteiger partial charge in [-0.1, -0.05) is 18.2 Å². The van der Waals surface area contributed by atoms with E-state index in [4.69, 9.17) is 0 Å². The van der Waals surface area contributed by atoms with E-state index in [1.54, 1.807) is 0 Å². The molecule has 110 valence electrons. The molecule has 1 amide bonds. The van der Waals surface area contributed by atoms with Gasteiger partial charge >= 0.3 is 0 Å². The molecule has 1 aromatic heterocycles. The summed E-state index contributed by atoms with van der Waals surface area (Å²) in [5.41, 5.74) is 3.25. The van der Waals surface area contributed by atoms with Crippen LogP contribution in [0.1, 0.15) is 21.6 Å². The number of anilines is 1. The lowest BCUT2D eigenvalue weighted by Crippen LogP contribution is -2.17. The van der Waals surface area contributed by atoms with Gasteiger partial charge in [0.2, 0.25) is 0 Å². The predicted molar refractivity (Wildman–Crippen MR) is 88.7 cm³/mol. The van der Waals surface area contributed by atoms with Crippen LogP contribution in [0.15, 0.2) is 41.0 Å². The summed E-state index contributed by atoms with van der Waals surface area (Å²) in [6, 6.07) is 11.3. The summed E-state index contributed by atoms with van der Waals surface area (Å²) < 4.78 is 0.757.